The van der Waals surface area contributed by atoms with Crippen LogP contribution in [0, 0.1) is 0 Å². The lowest BCUT2D eigenvalue weighted by molar-refractivity contribution is -0.149. The van der Waals surface area contributed by atoms with Crippen LogP contribution >= 0.6 is 11.9 Å². The van der Waals surface area contributed by atoms with Crippen molar-refractivity contribution in [2.75, 3.05) is 38.2 Å². The third-order valence-corrected chi connectivity index (χ3v) is 5.41. The molecule has 0 radical (unpaired) electrons. The van der Waals surface area contributed by atoms with Crippen LogP contribution in [0.15, 0.2) is 46.5 Å². The standard InChI is InChI=1S/C19H25F2N3O2S/c1-13-3-4-14(26-19(20)21)11-16(13)23-27-15-5-6-18(25-2)17(12-15)24-9-7-22-8-10-24/h3,5-6,11-12,14,19,22-23H,4,7-10H2,1-2H3. The molecule has 2 N–H and O–H groups in total. The van der Waals surface area contributed by atoms with Crippen molar-refractivity contribution in [2.24, 2.45) is 0 Å². The fraction of sp³-hybridized carbons (Fsp3) is 0.474. The molecule has 0 saturated carbocycles. The summed E-state index contributed by atoms with van der Waals surface area (Å²) in [6.45, 7) is 2.94. The van der Waals surface area contributed by atoms with Gasteiger partial charge in [0.1, 0.15) is 5.75 Å². The van der Waals surface area contributed by atoms with Gasteiger partial charge >= 0.3 is 6.61 Å². The quantitative estimate of drug-likeness (QED) is 0.687. The van der Waals surface area contributed by atoms with Gasteiger partial charge in [0.15, 0.2) is 0 Å². The number of nitrogens with zero attached hydrogens (tertiary/aromatic N) is 1. The molecule has 1 heterocycles. The summed E-state index contributed by atoms with van der Waals surface area (Å²) in [4.78, 5) is 3.33. The highest BCUT2D eigenvalue weighted by Crippen LogP contribution is 2.33. The lowest BCUT2D eigenvalue weighted by atomic mass is 10.0. The number of allylic oxidation sites excluding steroid dienone is 1. The zero-order valence-electron chi connectivity index (χ0n) is 15.5. The Hall–Kier alpha value is -1.77. The molecule has 3 rings (SSSR count). The van der Waals surface area contributed by atoms with Crippen molar-refractivity contribution in [3.05, 3.63) is 41.6 Å². The number of hydrogen-bond donors (Lipinski definition) is 2. The first-order valence-corrected chi connectivity index (χ1v) is 9.77. The number of nitrogens with one attached hydrogen (secondary N) is 2. The first-order valence-electron chi connectivity index (χ1n) is 8.96. The third-order valence-electron chi connectivity index (χ3n) is 4.60. The summed E-state index contributed by atoms with van der Waals surface area (Å²) in [7, 11) is 1.68. The Morgan fingerprint density at radius 3 is 2.78 bits per heavy atom. The van der Waals surface area contributed by atoms with Crippen molar-refractivity contribution < 1.29 is 18.3 Å². The average molecular weight is 397 g/mol. The number of methoxy groups -OCH3 is 1. The molecule has 148 valence electrons. The van der Waals surface area contributed by atoms with Gasteiger partial charge in [0.2, 0.25) is 0 Å². The molecule has 5 nitrogen and oxygen atoms in total. The summed E-state index contributed by atoms with van der Waals surface area (Å²) in [6.07, 6.45) is 3.48. The molecule has 1 aromatic carbocycles. The molecule has 0 amide bonds. The summed E-state index contributed by atoms with van der Waals surface area (Å²) in [5, 5.41) is 3.35. The maximum Gasteiger partial charge on any atom is 0.345 e. The van der Waals surface area contributed by atoms with Crippen molar-refractivity contribution in [1.29, 1.82) is 0 Å². The molecule has 2 aliphatic rings. The number of benzene rings is 1. The van der Waals surface area contributed by atoms with E-state index in [1.54, 1.807) is 13.2 Å². The number of halogens is 2. The Labute approximate surface area is 162 Å². The van der Waals surface area contributed by atoms with Gasteiger partial charge in [0.05, 0.1) is 18.9 Å². The average Bonchev–Trinajstić information content (AvgIpc) is 2.68. The van der Waals surface area contributed by atoms with Gasteiger partial charge in [-0.2, -0.15) is 8.78 Å². The van der Waals surface area contributed by atoms with E-state index < -0.39 is 12.7 Å². The lowest BCUT2D eigenvalue weighted by Crippen LogP contribution is -2.43. The molecule has 8 heteroatoms. The molecule has 1 aliphatic carbocycles. The third kappa shape index (κ3) is 5.37. The van der Waals surface area contributed by atoms with Gasteiger partial charge < -0.3 is 24.4 Å². The molecule has 0 spiro atoms. The van der Waals surface area contributed by atoms with Gasteiger partial charge in [-0.15, -0.1) is 0 Å². The van der Waals surface area contributed by atoms with Gasteiger partial charge in [-0.05, 0) is 55.1 Å². The molecule has 0 aromatic heterocycles. The summed E-state index contributed by atoms with van der Waals surface area (Å²) < 4.78 is 38.3. The molecule has 1 aliphatic heterocycles. The second kappa shape index (κ2) is 9.43. The Morgan fingerprint density at radius 1 is 1.30 bits per heavy atom. The van der Waals surface area contributed by atoms with Crippen LogP contribution in [0.5, 0.6) is 5.75 Å². The smallest absolute Gasteiger partial charge is 0.345 e. The zero-order valence-corrected chi connectivity index (χ0v) is 16.3. The van der Waals surface area contributed by atoms with E-state index in [0.717, 1.165) is 53.8 Å². The van der Waals surface area contributed by atoms with Crippen LogP contribution in [0.2, 0.25) is 0 Å². The topological polar surface area (TPSA) is 45.8 Å². The number of anilines is 1. The second-order valence-electron chi connectivity index (χ2n) is 6.41. The monoisotopic (exact) mass is 397 g/mol. The van der Waals surface area contributed by atoms with E-state index in [4.69, 9.17) is 4.74 Å². The normalized spacial score (nSPS) is 20.3. The van der Waals surface area contributed by atoms with E-state index in [1.807, 2.05) is 25.1 Å². The highest BCUT2D eigenvalue weighted by molar-refractivity contribution is 7.97. The van der Waals surface area contributed by atoms with E-state index in [1.165, 1.54) is 11.9 Å². The molecule has 1 aromatic rings. The molecule has 0 bridgehead atoms. The van der Waals surface area contributed by atoms with Crippen molar-refractivity contribution in [3.8, 4) is 5.75 Å². The summed E-state index contributed by atoms with van der Waals surface area (Å²) in [5.74, 6) is 0.847. The van der Waals surface area contributed by atoms with E-state index in [0.29, 0.717) is 6.42 Å². The number of hydrogen-bond acceptors (Lipinski definition) is 6. The number of rotatable bonds is 7. The Morgan fingerprint density at radius 2 is 2.07 bits per heavy atom. The number of ether oxygens (including phenoxy) is 2. The highest BCUT2D eigenvalue weighted by atomic mass is 32.2. The van der Waals surface area contributed by atoms with E-state index in [2.05, 4.69) is 25.7 Å². The molecular weight excluding hydrogens is 372 g/mol. The van der Waals surface area contributed by atoms with Crippen LogP contribution in [-0.2, 0) is 4.74 Å². The van der Waals surface area contributed by atoms with Crippen LogP contribution < -0.4 is 19.7 Å². The van der Waals surface area contributed by atoms with E-state index in [-0.39, 0.29) is 0 Å². The molecule has 1 unspecified atom stereocenters. The summed E-state index contributed by atoms with van der Waals surface area (Å²) in [5.41, 5.74) is 2.89. The number of piperazine rings is 1. The van der Waals surface area contributed by atoms with Crippen LogP contribution in [-0.4, -0.2) is 46.0 Å². The lowest BCUT2D eigenvalue weighted by Gasteiger charge is -2.31. The van der Waals surface area contributed by atoms with Crippen molar-refractivity contribution >= 4 is 17.6 Å². The van der Waals surface area contributed by atoms with Crippen molar-refractivity contribution in [1.82, 2.24) is 10.0 Å². The molecule has 1 saturated heterocycles. The minimum absolute atomic E-state index is 0.460. The first kappa shape index (κ1) is 20.0. The van der Waals surface area contributed by atoms with E-state index in [9.17, 15) is 8.78 Å². The van der Waals surface area contributed by atoms with Crippen molar-refractivity contribution in [3.63, 3.8) is 0 Å². The summed E-state index contributed by atoms with van der Waals surface area (Å²) in [6, 6.07) is 6.04. The van der Waals surface area contributed by atoms with Crippen LogP contribution in [0.1, 0.15) is 13.3 Å². The van der Waals surface area contributed by atoms with Gasteiger partial charge in [0.25, 0.3) is 0 Å². The fourth-order valence-electron chi connectivity index (χ4n) is 3.13. The summed E-state index contributed by atoms with van der Waals surface area (Å²) >= 11 is 1.45. The van der Waals surface area contributed by atoms with Gasteiger partial charge in [-0.1, -0.05) is 6.08 Å². The Bertz CT molecular complexity index is 706. The second-order valence-corrected chi connectivity index (χ2v) is 7.29. The molecule has 27 heavy (non-hydrogen) atoms. The van der Waals surface area contributed by atoms with Gasteiger partial charge in [-0.3, -0.25) is 0 Å². The Kier molecular flexibility index (Phi) is 6.98. The van der Waals surface area contributed by atoms with Crippen LogP contribution in [0.25, 0.3) is 0 Å². The van der Waals surface area contributed by atoms with Crippen LogP contribution in [0.3, 0.4) is 0 Å². The van der Waals surface area contributed by atoms with Gasteiger partial charge in [-0.25, -0.2) is 0 Å². The maximum absolute atomic E-state index is 12.5. The predicted molar refractivity (Wildman–Crippen MR) is 104 cm³/mol. The minimum Gasteiger partial charge on any atom is -0.495 e. The molecule has 1 fully saturated rings. The Balaban J connectivity index is 1.70. The highest BCUT2D eigenvalue weighted by Gasteiger charge is 2.19. The van der Waals surface area contributed by atoms with Crippen LogP contribution in [0.4, 0.5) is 14.5 Å². The molecular formula is C19H25F2N3O2S. The molecule has 1 atom stereocenters. The maximum atomic E-state index is 12.5. The number of alkyl halides is 2. The fourth-order valence-corrected chi connectivity index (χ4v) is 3.89. The largest absolute Gasteiger partial charge is 0.495 e. The minimum atomic E-state index is -2.77. The SMILES string of the molecule is COc1ccc(SNC2=CC(OC(F)F)CC=C2C)cc1N1CCNCC1. The van der Waals surface area contributed by atoms with E-state index >= 15 is 0 Å². The van der Waals surface area contributed by atoms with Crippen molar-refractivity contribution in [2.45, 2.75) is 31.0 Å². The first-order chi connectivity index (χ1) is 13.1. The predicted octanol–water partition coefficient (Wildman–Crippen LogP) is 3.54. The van der Waals surface area contributed by atoms with Gasteiger partial charge in [0, 0.05) is 36.8 Å². The zero-order chi connectivity index (χ0) is 19.2.